The molecular weight excluding hydrogens is 324 g/mol. The first-order valence-electron chi connectivity index (χ1n) is 7.90. The lowest BCUT2D eigenvalue weighted by Crippen LogP contribution is -2.47. The number of hydrogen-bond donors (Lipinski definition) is 0. The Hall–Kier alpha value is -3.30. The van der Waals surface area contributed by atoms with Crippen molar-refractivity contribution in [2.45, 2.75) is 6.92 Å². The Balaban J connectivity index is 1.47. The number of aryl methyl sites for hydroxylation is 1. The number of hydrogen-bond acceptors (Lipinski definition) is 8. The van der Waals surface area contributed by atoms with Crippen LogP contribution < -0.4 is 9.80 Å². The topological polar surface area (TPSA) is 106 Å². The average Bonchev–Trinajstić information content (AvgIpc) is 3.09. The minimum Gasteiger partial charge on any atom is -0.353 e. The van der Waals surface area contributed by atoms with E-state index in [-0.39, 0.29) is 5.69 Å². The molecule has 0 bridgehead atoms. The highest BCUT2D eigenvalue weighted by atomic mass is 16.6. The summed E-state index contributed by atoms with van der Waals surface area (Å²) in [6.07, 6.45) is 2.91. The molecule has 4 rings (SSSR count). The molecule has 25 heavy (non-hydrogen) atoms. The highest BCUT2D eigenvalue weighted by molar-refractivity contribution is 5.51. The minimum atomic E-state index is -0.406. The van der Waals surface area contributed by atoms with Gasteiger partial charge in [0, 0.05) is 31.7 Å². The average molecular weight is 340 g/mol. The molecule has 0 spiro atoms. The summed E-state index contributed by atoms with van der Waals surface area (Å²) >= 11 is 0. The van der Waals surface area contributed by atoms with E-state index in [1.54, 1.807) is 23.8 Å². The summed E-state index contributed by atoms with van der Waals surface area (Å²) in [4.78, 5) is 19.1. The maximum absolute atomic E-state index is 10.9. The van der Waals surface area contributed by atoms with E-state index in [0.29, 0.717) is 11.2 Å². The van der Waals surface area contributed by atoms with Crippen LogP contribution >= 0.6 is 0 Å². The minimum absolute atomic E-state index is 0.0498. The summed E-state index contributed by atoms with van der Waals surface area (Å²) in [5.74, 6) is 1.64. The van der Waals surface area contributed by atoms with E-state index in [9.17, 15) is 10.1 Å². The van der Waals surface area contributed by atoms with Crippen molar-refractivity contribution >= 4 is 23.0 Å². The molecule has 0 aromatic carbocycles. The fourth-order valence-electron chi connectivity index (χ4n) is 2.95. The van der Waals surface area contributed by atoms with Crippen molar-refractivity contribution in [2.24, 2.45) is 0 Å². The van der Waals surface area contributed by atoms with Crippen LogP contribution in [0, 0.1) is 17.0 Å². The molecule has 3 aromatic heterocycles. The SMILES string of the molecule is Cc1cc(N2CCN(c3ccc4nncn4n3)CC2)ncc1[N+](=O)[O-]. The molecule has 1 saturated heterocycles. The van der Waals surface area contributed by atoms with Gasteiger partial charge in [0.25, 0.3) is 5.69 Å². The number of pyridine rings is 1. The van der Waals surface area contributed by atoms with Crippen molar-refractivity contribution in [1.82, 2.24) is 24.8 Å². The summed E-state index contributed by atoms with van der Waals surface area (Å²) in [5.41, 5.74) is 1.39. The van der Waals surface area contributed by atoms with Crippen molar-refractivity contribution in [1.29, 1.82) is 0 Å². The van der Waals surface area contributed by atoms with E-state index in [1.165, 1.54) is 6.20 Å². The van der Waals surface area contributed by atoms with Gasteiger partial charge < -0.3 is 9.80 Å². The van der Waals surface area contributed by atoms with Crippen molar-refractivity contribution in [2.75, 3.05) is 36.0 Å². The predicted molar refractivity (Wildman–Crippen MR) is 90.8 cm³/mol. The molecule has 1 aliphatic heterocycles. The first-order chi connectivity index (χ1) is 12.1. The number of rotatable bonds is 3. The Morgan fingerprint density at radius 2 is 1.84 bits per heavy atom. The van der Waals surface area contributed by atoms with Gasteiger partial charge in [-0.25, -0.2) is 4.98 Å². The van der Waals surface area contributed by atoms with Gasteiger partial charge in [0.15, 0.2) is 5.65 Å². The predicted octanol–water partition coefficient (Wildman–Crippen LogP) is 1.06. The molecule has 1 fully saturated rings. The van der Waals surface area contributed by atoms with Crippen molar-refractivity contribution < 1.29 is 4.92 Å². The maximum atomic E-state index is 10.9. The van der Waals surface area contributed by atoms with E-state index < -0.39 is 4.92 Å². The van der Waals surface area contributed by atoms with Crippen molar-refractivity contribution in [3.8, 4) is 0 Å². The first-order valence-corrected chi connectivity index (χ1v) is 7.90. The van der Waals surface area contributed by atoms with Crippen LogP contribution in [0.25, 0.3) is 5.65 Å². The van der Waals surface area contributed by atoms with Crippen LogP contribution in [0.1, 0.15) is 5.56 Å². The van der Waals surface area contributed by atoms with Crippen LogP contribution in [-0.2, 0) is 0 Å². The summed E-state index contributed by atoms with van der Waals surface area (Å²) < 4.78 is 1.66. The van der Waals surface area contributed by atoms with Crippen LogP contribution in [0.3, 0.4) is 0 Å². The van der Waals surface area contributed by atoms with Gasteiger partial charge in [-0.05, 0) is 25.1 Å². The second kappa shape index (κ2) is 5.96. The summed E-state index contributed by atoms with van der Waals surface area (Å²) in [7, 11) is 0. The third kappa shape index (κ3) is 2.82. The van der Waals surface area contributed by atoms with Crippen molar-refractivity contribution in [3.63, 3.8) is 0 Å². The van der Waals surface area contributed by atoms with Gasteiger partial charge in [-0.2, -0.15) is 4.52 Å². The summed E-state index contributed by atoms with van der Waals surface area (Å²) in [6.45, 7) is 4.85. The number of fused-ring (bicyclic) bond motifs is 1. The molecule has 4 heterocycles. The van der Waals surface area contributed by atoms with Crippen LogP contribution in [0.5, 0.6) is 0 Å². The molecule has 0 radical (unpaired) electrons. The normalized spacial score (nSPS) is 14.9. The lowest BCUT2D eigenvalue weighted by molar-refractivity contribution is -0.385. The van der Waals surface area contributed by atoms with Gasteiger partial charge in [-0.1, -0.05) is 0 Å². The fraction of sp³-hybridized carbons (Fsp3) is 0.333. The molecule has 0 amide bonds. The molecule has 10 heteroatoms. The number of piperazine rings is 1. The molecular formula is C15H16N8O2. The smallest absolute Gasteiger partial charge is 0.290 e. The monoisotopic (exact) mass is 340 g/mol. The van der Waals surface area contributed by atoms with Gasteiger partial charge in [0.1, 0.15) is 24.2 Å². The van der Waals surface area contributed by atoms with Gasteiger partial charge in [-0.15, -0.1) is 15.3 Å². The lowest BCUT2D eigenvalue weighted by atomic mass is 10.2. The molecule has 0 aliphatic carbocycles. The standard InChI is InChI=1S/C15H16N8O2/c1-11-8-15(16-9-12(11)23(24)25)21-6-4-20(5-7-21)14-3-2-13-18-17-10-22(13)19-14/h2-3,8-10H,4-7H2,1H3. The lowest BCUT2D eigenvalue weighted by Gasteiger charge is -2.36. The van der Waals surface area contributed by atoms with E-state index >= 15 is 0 Å². The van der Waals surface area contributed by atoms with Crippen LogP contribution in [0.2, 0.25) is 0 Å². The molecule has 10 nitrogen and oxygen atoms in total. The first kappa shape index (κ1) is 15.2. The van der Waals surface area contributed by atoms with Crippen LogP contribution in [0.4, 0.5) is 17.3 Å². The third-order valence-electron chi connectivity index (χ3n) is 4.34. The molecule has 1 aliphatic rings. The molecule has 0 saturated carbocycles. The largest absolute Gasteiger partial charge is 0.353 e. The molecule has 3 aromatic rings. The summed E-state index contributed by atoms with van der Waals surface area (Å²) in [6, 6.07) is 5.60. The zero-order valence-electron chi connectivity index (χ0n) is 13.6. The summed E-state index contributed by atoms with van der Waals surface area (Å²) in [5, 5.41) is 23.2. The number of nitro groups is 1. The van der Waals surface area contributed by atoms with E-state index in [2.05, 4.69) is 30.1 Å². The zero-order valence-corrected chi connectivity index (χ0v) is 13.6. The van der Waals surface area contributed by atoms with Gasteiger partial charge in [0.2, 0.25) is 0 Å². The Morgan fingerprint density at radius 3 is 2.52 bits per heavy atom. The van der Waals surface area contributed by atoms with Crippen LogP contribution in [-0.4, -0.2) is 55.9 Å². The van der Waals surface area contributed by atoms with Gasteiger partial charge in [-0.3, -0.25) is 10.1 Å². The highest BCUT2D eigenvalue weighted by Gasteiger charge is 2.21. The van der Waals surface area contributed by atoms with E-state index in [0.717, 1.165) is 37.8 Å². The van der Waals surface area contributed by atoms with Crippen LogP contribution in [0.15, 0.2) is 30.7 Å². The molecule has 0 N–H and O–H groups in total. The fourth-order valence-corrected chi connectivity index (χ4v) is 2.95. The number of aromatic nitrogens is 5. The quantitative estimate of drug-likeness (QED) is 0.515. The molecule has 0 unspecified atom stereocenters. The van der Waals surface area contributed by atoms with Crippen molar-refractivity contribution in [3.05, 3.63) is 46.4 Å². The Bertz CT molecular complexity index is 932. The zero-order chi connectivity index (χ0) is 17.4. The van der Waals surface area contributed by atoms with Gasteiger partial charge in [0.05, 0.1) is 4.92 Å². The molecule has 128 valence electrons. The third-order valence-corrected chi connectivity index (χ3v) is 4.34. The maximum Gasteiger partial charge on any atom is 0.290 e. The second-order valence-electron chi connectivity index (χ2n) is 5.89. The Labute approximate surface area is 142 Å². The Morgan fingerprint density at radius 1 is 1.12 bits per heavy atom. The molecule has 0 atom stereocenters. The van der Waals surface area contributed by atoms with E-state index in [4.69, 9.17) is 0 Å². The Kier molecular flexibility index (Phi) is 3.64. The van der Waals surface area contributed by atoms with E-state index in [1.807, 2.05) is 12.1 Å². The number of anilines is 2. The second-order valence-corrected chi connectivity index (χ2v) is 5.89. The number of nitrogens with zero attached hydrogens (tertiary/aromatic N) is 8. The highest BCUT2D eigenvalue weighted by Crippen LogP contribution is 2.23. The van der Waals surface area contributed by atoms with Gasteiger partial charge >= 0.3 is 0 Å².